The summed E-state index contributed by atoms with van der Waals surface area (Å²) in [6.07, 6.45) is 1.24. The van der Waals surface area contributed by atoms with E-state index in [-0.39, 0.29) is 39.8 Å². The van der Waals surface area contributed by atoms with E-state index in [2.05, 4.69) is 9.36 Å². The topological polar surface area (TPSA) is 131 Å². The van der Waals surface area contributed by atoms with Crippen LogP contribution in [0.15, 0.2) is 59.8 Å². The van der Waals surface area contributed by atoms with Crippen molar-refractivity contribution in [2.45, 2.75) is 57.0 Å². The molecule has 1 amide bonds. The predicted molar refractivity (Wildman–Crippen MR) is 186 cm³/mol. The molecule has 11 nitrogen and oxygen atoms in total. The number of methoxy groups -OCH3 is 2. The molecule has 4 aromatic rings. The Labute approximate surface area is 298 Å². The molecule has 1 fully saturated rings. The van der Waals surface area contributed by atoms with Crippen LogP contribution >= 0.6 is 34.7 Å². The average Bonchev–Trinajstić information content (AvgIpc) is 3.59. The Hall–Kier alpha value is -3.85. The number of carboxylic acid groups (broad SMARTS) is 1. The lowest BCUT2D eigenvalue weighted by Gasteiger charge is -2.45. The minimum Gasteiger partial charge on any atom is -0.497 e. The molecule has 1 aliphatic rings. The van der Waals surface area contributed by atoms with Crippen LogP contribution in [-0.2, 0) is 16.6 Å². The van der Waals surface area contributed by atoms with Crippen LogP contribution in [0.2, 0.25) is 10.0 Å². The summed E-state index contributed by atoms with van der Waals surface area (Å²) < 4.78 is 65.8. The summed E-state index contributed by atoms with van der Waals surface area (Å²) >= 11 is 13.8. The van der Waals surface area contributed by atoms with E-state index in [9.17, 15) is 18.3 Å². The Morgan fingerprint density at radius 3 is 2.47 bits per heavy atom. The molecule has 3 aromatic carbocycles. The van der Waals surface area contributed by atoms with Crippen LogP contribution in [0.3, 0.4) is 0 Å². The fraction of sp³-hybridized carbons (Fsp3) is 0.364. The summed E-state index contributed by atoms with van der Waals surface area (Å²) in [5.41, 5.74) is 0.827. The van der Waals surface area contributed by atoms with Crippen molar-refractivity contribution in [2.24, 2.45) is 5.41 Å². The maximum absolute atomic E-state index is 15.9. The molecule has 1 N–H and O–H groups in total. The summed E-state index contributed by atoms with van der Waals surface area (Å²) in [5.74, 6) is -0.155. The number of hydrogen-bond donors (Lipinski definition) is 1. The maximum atomic E-state index is 15.9. The Morgan fingerprint density at radius 1 is 1.08 bits per heavy atom. The van der Waals surface area contributed by atoms with Gasteiger partial charge in [-0.1, -0.05) is 44.0 Å². The third-order valence-electron chi connectivity index (χ3n) is 8.41. The van der Waals surface area contributed by atoms with E-state index < -0.39 is 26.8 Å². The van der Waals surface area contributed by atoms with Crippen LogP contribution in [0.5, 0.6) is 23.0 Å². The summed E-state index contributed by atoms with van der Waals surface area (Å²) in [6, 6.07) is 11.5. The largest absolute Gasteiger partial charge is 0.497 e. The highest BCUT2D eigenvalue weighted by Crippen LogP contribution is 2.45. The Bertz CT molecular complexity index is 1940. The summed E-state index contributed by atoms with van der Waals surface area (Å²) in [7, 11) is -1.67. The third kappa shape index (κ3) is 7.82. The van der Waals surface area contributed by atoms with Gasteiger partial charge in [0.15, 0.2) is 0 Å². The number of halogens is 3. The normalized spacial score (nSPS) is 16.7. The predicted octanol–water partition coefficient (Wildman–Crippen LogP) is 8.46. The van der Waals surface area contributed by atoms with Gasteiger partial charge in [0.25, 0.3) is 10.0 Å². The molecule has 0 aliphatic carbocycles. The van der Waals surface area contributed by atoms with Crippen LogP contribution < -0.4 is 18.5 Å². The third-order valence-corrected chi connectivity index (χ3v) is 11.5. The van der Waals surface area contributed by atoms with Crippen LogP contribution in [0.25, 0.3) is 0 Å². The zero-order valence-corrected chi connectivity index (χ0v) is 30.5. The second kappa shape index (κ2) is 14.6. The van der Waals surface area contributed by atoms with Gasteiger partial charge in [0.1, 0.15) is 40.0 Å². The van der Waals surface area contributed by atoms with Crippen LogP contribution in [0, 0.1) is 11.2 Å². The number of sulfonamides is 1. The zero-order valence-electron chi connectivity index (χ0n) is 27.3. The van der Waals surface area contributed by atoms with Gasteiger partial charge in [-0.15, -0.1) is 0 Å². The molecule has 1 aliphatic heterocycles. The van der Waals surface area contributed by atoms with Gasteiger partial charge in [-0.25, -0.2) is 26.9 Å². The quantitative estimate of drug-likeness (QED) is 0.169. The molecule has 2 heterocycles. The van der Waals surface area contributed by atoms with E-state index in [4.69, 9.17) is 37.4 Å². The van der Waals surface area contributed by atoms with Crippen molar-refractivity contribution in [3.05, 3.63) is 81.8 Å². The lowest BCUT2D eigenvalue weighted by atomic mass is 9.75. The fourth-order valence-electron chi connectivity index (χ4n) is 5.92. The lowest BCUT2D eigenvalue weighted by Crippen LogP contribution is -2.51. The number of likely N-dealkylation sites (tertiary alicyclic amines) is 1. The van der Waals surface area contributed by atoms with E-state index in [1.54, 1.807) is 36.4 Å². The highest BCUT2D eigenvalue weighted by atomic mass is 35.5. The van der Waals surface area contributed by atoms with E-state index in [1.807, 2.05) is 20.8 Å². The molecule has 0 bridgehead atoms. The van der Waals surface area contributed by atoms with Gasteiger partial charge >= 0.3 is 6.09 Å². The standard InChI is InChI=1S/C33H35Cl2FN4O7S2/c1-33(2,3)30-12-19(10-11-39(30)32(41)42)23-13-21(34)7-9-26(23)47-28-16-25(36)29(15-24(28)35)49(43,44)40(31-37-18-38-48-31)17-20-6-8-22(45-4)14-27(20)46-5/h6-9,13-16,18-19,30H,10-12,17H2,1-5H3,(H,41,42). The van der Waals surface area contributed by atoms with E-state index >= 15 is 4.39 Å². The first kappa shape index (κ1) is 36.4. The second-order valence-electron chi connectivity index (χ2n) is 12.5. The number of rotatable bonds is 10. The Kier molecular flexibility index (Phi) is 10.8. The maximum Gasteiger partial charge on any atom is 0.407 e. The highest BCUT2D eigenvalue weighted by Gasteiger charge is 2.40. The van der Waals surface area contributed by atoms with Crippen LogP contribution in [0.4, 0.5) is 14.3 Å². The molecule has 1 aromatic heterocycles. The minimum atomic E-state index is -4.60. The van der Waals surface area contributed by atoms with Crippen molar-refractivity contribution in [1.29, 1.82) is 0 Å². The van der Waals surface area contributed by atoms with Crippen LogP contribution in [0.1, 0.15) is 50.7 Å². The van der Waals surface area contributed by atoms with Crippen LogP contribution in [-0.4, -0.2) is 60.7 Å². The van der Waals surface area contributed by atoms with Gasteiger partial charge < -0.3 is 24.2 Å². The molecular weight excluding hydrogens is 718 g/mol. The number of benzene rings is 3. The van der Waals surface area contributed by atoms with Crippen molar-refractivity contribution < 1.29 is 36.9 Å². The van der Waals surface area contributed by atoms with Crippen molar-refractivity contribution in [3.8, 4) is 23.0 Å². The van der Waals surface area contributed by atoms with E-state index in [0.29, 0.717) is 52.8 Å². The first-order valence-electron chi connectivity index (χ1n) is 15.1. The number of ether oxygens (including phenoxy) is 3. The molecule has 2 atom stereocenters. The van der Waals surface area contributed by atoms with Crippen molar-refractivity contribution in [2.75, 3.05) is 25.1 Å². The summed E-state index contributed by atoms with van der Waals surface area (Å²) in [5, 5.41) is 10.1. The molecule has 262 valence electrons. The average molecular weight is 754 g/mol. The fourth-order valence-corrected chi connectivity index (χ4v) is 8.57. The molecule has 0 saturated carbocycles. The summed E-state index contributed by atoms with van der Waals surface area (Å²) in [4.78, 5) is 16.8. The lowest BCUT2D eigenvalue weighted by molar-refractivity contribution is 0.0524. The molecule has 16 heteroatoms. The SMILES string of the molecule is COc1ccc(CN(c2ncns2)S(=O)(=O)c2cc(Cl)c(Oc3ccc(Cl)cc3C3CCN(C(=O)O)C(C(C)(C)C)C3)cc2F)c(OC)c1. The molecule has 1 saturated heterocycles. The molecule has 5 rings (SSSR count). The summed E-state index contributed by atoms with van der Waals surface area (Å²) in [6.45, 7) is 6.02. The van der Waals surface area contributed by atoms with Crippen molar-refractivity contribution in [3.63, 3.8) is 0 Å². The zero-order chi connectivity index (χ0) is 35.7. The first-order chi connectivity index (χ1) is 23.1. The molecule has 0 spiro atoms. The smallest absolute Gasteiger partial charge is 0.407 e. The molecule has 0 radical (unpaired) electrons. The van der Waals surface area contributed by atoms with Gasteiger partial charge in [-0.05, 0) is 66.1 Å². The van der Waals surface area contributed by atoms with Gasteiger partial charge in [0, 0.05) is 46.8 Å². The van der Waals surface area contributed by atoms with Gasteiger partial charge in [-0.2, -0.15) is 4.37 Å². The number of carbonyl (C=O) groups is 1. The molecule has 49 heavy (non-hydrogen) atoms. The van der Waals surface area contributed by atoms with Gasteiger partial charge in [0.05, 0.1) is 25.8 Å². The number of anilines is 1. The number of nitrogens with zero attached hydrogens (tertiary/aromatic N) is 4. The van der Waals surface area contributed by atoms with Gasteiger partial charge in [0.2, 0.25) is 5.13 Å². The van der Waals surface area contributed by atoms with Crippen molar-refractivity contribution >= 4 is 56.0 Å². The molecule has 2 unspecified atom stereocenters. The van der Waals surface area contributed by atoms with Crippen molar-refractivity contribution in [1.82, 2.24) is 14.3 Å². The Morgan fingerprint density at radius 2 is 1.84 bits per heavy atom. The number of piperidine rings is 1. The number of hydrogen-bond acceptors (Lipinski definition) is 9. The van der Waals surface area contributed by atoms with E-state index in [0.717, 1.165) is 28.0 Å². The number of aromatic nitrogens is 2. The number of amides is 1. The monoisotopic (exact) mass is 752 g/mol. The second-order valence-corrected chi connectivity index (χ2v) is 15.9. The van der Waals surface area contributed by atoms with E-state index in [1.165, 1.54) is 25.4 Å². The van der Waals surface area contributed by atoms with Gasteiger partial charge in [-0.3, -0.25) is 0 Å². The minimum absolute atomic E-state index is 0.00188. The Balaban J connectivity index is 1.48. The first-order valence-corrected chi connectivity index (χ1v) is 18.1. The molecular formula is C33H35Cl2FN4O7S2. The highest BCUT2D eigenvalue weighted by molar-refractivity contribution is 7.93.